The first kappa shape index (κ1) is 20.6. The van der Waals surface area contributed by atoms with Gasteiger partial charge in [0, 0.05) is 25.2 Å². The van der Waals surface area contributed by atoms with Gasteiger partial charge in [-0.1, -0.05) is 42.5 Å². The van der Waals surface area contributed by atoms with E-state index in [9.17, 15) is 19.2 Å². The van der Waals surface area contributed by atoms with Gasteiger partial charge in [0.15, 0.2) is 0 Å². The summed E-state index contributed by atoms with van der Waals surface area (Å²) < 4.78 is 5.34. The second-order valence-electron chi connectivity index (χ2n) is 5.90. The number of imide groups is 1. The molecule has 0 aliphatic rings. The summed E-state index contributed by atoms with van der Waals surface area (Å²) in [7, 11) is 1.37. The first-order valence-electron chi connectivity index (χ1n) is 8.52. The van der Waals surface area contributed by atoms with Gasteiger partial charge in [0.2, 0.25) is 12.0 Å². The molecule has 2 aromatic carbocycles. The van der Waals surface area contributed by atoms with E-state index in [1.54, 1.807) is 54.6 Å². The van der Waals surface area contributed by atoms with Gasteiger partial charge in [0.05, 0.1) is 6.42 Å². The molecule has 2 aromatic rings. The molecule has 0 saturated heterocycles. The van der Waals surface area contributed by atoms with Gasteiger partial charge in [-0.2, -0.15) is 0 Å². The fourth-order valence-electron chi connectivity index (χ4n) is 2.39. The van der Waals surface area contributed by atoms with E-state index in [0.717, 1.165) is 0 Å². The third-order valence-electron chi connectivity index (χ3n) is 3.68. The van der Waals surface area contributed by atoms with E-state index in [4.69, 9.17) is 4.74 Å². The maximum atomic E-state index is 12.4. The largest absolute Gasteiger partial charge is 0.447 e. The lowest BCUT2D eigenvalue weighted by Gasteiger charge is -2.17. The normalized spacial score (nSPS) is 11.1. The molecule has 0 aliphatic heterocycles. The lowest BCUT2D eigenvalue weighted by atomic mass is 10.1. The Labute approximate surface area is 162 Å². The number of amides is 4. The van der Waals surface area contributed by atoms with Crippen LogP contribution in [0.15, 0.2) is 54.6 Å². The van der Waals surface area contributed by atoms with Gasteiger partial charge >= 0.3 is 12.0 Å². The summed E-state index contributed by atoms with van der Waals surface area (Å²) in [6.45, 7) is 1.40. The van der Waals surface area contributed by atoms with Crippen LogP contribution in [0, 0.1) is 0 Å². The molecule has 1 atom stereocenters. The van der Waals surface area contributed by atoms with Gasteiger partial charge in [-0.05, 0) is 17.7 Å². The van der Waals surface area contributed by atoms with Crippen LogP contribution in [-0.4, -0.2) is 30.9 Å². The third-order valence-corrected chi connectivity index (χ3v) is 3.68. The number of anilines is 1. The molecule has 0 aromatic heterocycles. The molecule has 3 N–H and O–H groups in total. The Hall–Kier alpha value is -3.68. The van der Waals surface area contributed by atoms with Crippen molar-refractivity contribution in [2.75, 3.05) is 12.4 Å². The molecule has 2 rings (SSSR count). The first-order chi connectivity index (χ1) is 13.4. The summed E-state index contributed by atoms with van der Waals surface area (Å²) in [5.41, 5.74) is 1.70. The van der Waals surface area contributed by atoms with Gasteiger partial charge < -0.3 is 15.4 Å². The van der Waals surface area contributed by atoms with Gasteiger partial charge in [0.1, 0.15) is 0 Å². The van der Waals surface area contributed by atoms with Crippen molar-refractivity contribution in [3.63, 3.8) is 0 Å². The van der Waals surface area contributed by atoms with Crippen molar-refractivity contribution < 1.29 is 23.9 Å². The quantitative estimate of drug-likeness (QED) is 0.660. The van der Waals surface area contributed by atoms with Crippen molar-refractivity contribution in [3.05, 3.63) is 65.7 Å². The minimum Gasteiger partial charge on any atom is -0.447 e. The van der Waals surface area contributed by atoms with Gasteiger partial charge in [0.25, 0.3) is 5.91 Å². The number of benzene rings is 2. The average Bonchev–Trinajstić information content (AvgIpc) is 2.67. The smallest absolute Gasteiger partial charge is 0.321 e. The number of nitrogens with one attached hydrogen (secondary N) is 3. The van der Waals surface area contributed by atoms with Crippen molar-refractivity contribution in [1.29, 1.82) is 0 Å². The third kappa shape index (κ3) is 6.24. The number of ether oxygens (including phenoxy) is 1. The second kappa shape index (κ2) is 9.86. The Morgan fingerprint density at radius 3 is 2.18 bits per heavy atom. The van der Waals surface area contributed by atoms with Crippen LogP contribution in [0.5, 0.6) is 0 Å². The molecule has 0 bridgehead atoms. The lowest BCUT2D eigenvalue weighted by Crippen LogP contribution is -2.41. The molecule has 0 radical (unpaired) electrons. The fourth-order valence-corrected chi connectivity index (χ4v) is 2.39. The van der Waals surface area contributed by atoms with Gasteiger partial charge in [-0.3, -0.25) is 19.7 Å². The zero-order valence-corrected chi connectivity index (χ0v) is 15.5. The van der Waals surface area contributed by atoms with Crippen molar-refractivity contribution in [2.45, 2.75) is 19.4 Å². The summed E-state index contributed by atoms with van der Waals surface area (Å²) in [4.78, 5) is 47.2. The van der Waals surface area contributed by atoms with Crippen LogP contribution in [0.2, 0.25) is 0 Å². The van der Waals surface area contributed by atoms with E-state index in [1.807, 2.05) is 0 Å². The van der Waals surface area contributed by atoms with Crippen molar-refractivity contribution in [2.24, 2.45) is 0 Å². The van der Waals surface area contributed by atoms with Gasteiger partial charge in [-0.25, -0.2) is 4.79 Å². The Morgan fingerprint density at radius 2 is 1.61 bits per heavy atom. The number of hydrogen-bond donors (Lipinski definition) is 3. The summed E-state index contributed by atoms with van der Waals surface area (Å²) in [6.07, 6.45) is -1.33. The van der Waals surface area contributed by atoms with Crippen molar-refractivity contribution in [1.82, 2.24) is 10.6 Å². The predicted octanol–water partition coefficient (Wildman–Crippen LogP) is 1.93. The summed E-state index contributed by atoms with van der Waals surface area (Å²) in [5, 5.41) is 7.02. The number of carbonyl (C=O) groups excluding carboxylic acids is 4. The molecule has 0 unspecified atom stereocenters. The molecule has 8 nitrogen and oxygen atoms in total. The first-order valence-corrected chi connectivity index (χ1v) is 8.52. The van der Waals surface area contributed by atoms with Crippen LogP contribution >= 0.6 is 0 Å². The molecule has 146 valence electrons. The summed E-state index contributed by atoms with van der Waals surface area (Å²) in [6, 6.07) is 14.4. The average molecular weight is 383 g/mol. The highest BCUT2D eigenvalue weighted by Gasteiger charge is 2.26. The van der Waals surface area contributed by atoms with Crippen LogP contribution in [-0.2, 0) is 25.5 Å². The van der Waals surface area contributed by atoms with Crippen LogP contribution < -0.4 is 16.0 Å². The van der Waals surface area contributed by atoms with Crippen molar-refractivity contribution >= 4 is 29.5 Å². The summed E-state index contributed by atoms with van der Waals surface area (Å²) >= 11 is 0. The topological polar surface area (TPSA) is 114 Å². The predicted molar refractivity (Wildman–Crippen MR) is 102 cm³/mol. The Morgan fingerprint density at radius 1 is 0.964 bits per heavy atom. The standard InChI is InChI=1S/C20H21N3O5/c1-13(24)22-16-10-8-14(9-11-16)12-17(25)28-18(15-6-4-3-5-7-15)19(26)23-20(27)21-2/h3-11,18H,12H2,1-2H3,(H,22,24)(H2,21,23,26,27)/t18-/m1/s1. The van der Waals surface area contributed by atoms with E-state index in [0.29, 0.717) is 16.8 Å². The molecule has 8 heteroatoms. The summed E-state index contributed by atoms with van der Waals surface area (Å²) in [5.74, 6) is -1.58. The highest BCUT2D eigenvalue weighted by atomic mass is 16.5. The number of hydrogen-bond acceptors (Lipinski definition) is 5. The molecule has 0 fully saturated rings. The number of urea groups is 1. The van der Waals surface area contributed by atoms with Crippen LogP contribution in [0.4, 0.5) is 10.5 Å². The van der Waals surface area contributed by atoms with E-state index >= 15 is 0 Å². The number of carbonyl (C=O) groups is 4. The van der Waals surface area contributed by atoms with Crippen LogP contribution in [0.25, 0.3) is 0 Å². The molecule has 4 amide bonds. The van der Waals surface area contributed by atoms with Gasteiger partial charge in [-0.15, -0.1) is 0 Å². The number of rotatable bonds is 6. The Balaban J connectivity index is 2.08. The molecule has 0 saturated carbocycles. The minimum atomic E-state index is -1.26. The highest BCUT2D eigenvalue weighted by Crippen LogP contribution is 2.19. The van der Waals surface area contributed by atoms with E-state index < -0.39 is 24.0 Å². The van der Waals surface area contributed by atoms with Crippen LogP contribution in [0.3, 0.4) is 0 Å². The Kier molecular flexibility index (Phi) is 7.27. The fraction of sp³-hybridized carbons (Fsp3) is 0.200. The molecular weight excluding hydrogens is 362 g/mol. The zero-order valence-electron chi connectivity index (χ0n) is 15.5. The monoisotopic (exact) mass is 383 g/mol. The molecule has 0 spiro atoms. The SMILES string of the molecule is CNC(=O)NC(=O)[C@H](OC(=O)Cc1ccc(NC(C)=O)cc1)c1ccccc1. The lowest BCUT2D eigenvalue weighted by molar-refractivity contribution is -0.155. The molecule has 0 aliphatic carbocycles. The highest BCUT2D eigenvalue weighted by molar-refractivity contribution is 5.97. The van der Waals surface area contributed by atoms with Crippen molar-refractivity contribution in [3.8, 4) is 0 Å². The maximum Gasteiger partial charge on any atom is 0.321 e. The van der Waals surface area contributed by atoms with E-state index in [2.05, 4.69) is 16.0 Å². The second-order valence-corrected chi connectivity index (χ2v) is 5.90. The molecule has 0 heterocycles. The zero-order chi connectivity index (χ0) is 20.5. The molecule has 28 heavy (non-hydrogen) atoms. The van der Waals surface area contributed by atoms with Crippen LogP contribution in [0.1, 0.15) is 24.2 Å². The van der Waals surface area contributed by atoms with E-state index in [1.165, 1.54) is 14.0 Å². The maximum absolute atomic E-state index is 12.4. The number of esters is 1. The molecular formula is C20H21N3O5. The minimum absolute atomic E-state index is 0.0725. The Bertz CT molecular complexity index is 850. The van der Waals surface area contributed by atoms with E-state index in [-0.39, 0.29) is 12.3 Å².